The number of aliphatic carboxylic acids is 1. The van der Waals surface area contributed by atoms with Crippen molar-refractivity contribution < 1.29 is 9.90 Å². The number of nitrogens with zero attached hydrogens (tertiary/aromatic N) is 2. The first-order valence-corrected chi connectivity index (χ1v) is 8.16. The van der Waals surface area contributed by atoms with Crippen LogP contribution in [0, 0.1) is 0 Å². The Balaban J connectivity index is 2.13. The summed E-state index contributed by atoms with van der Waals surface area (Å²) in [6, 6.07) is 6.02. The molecule has 1 heterocycles. The van der Waals surface area contributed by atoms with Gasteiger partial charge in [0.1, 0.15) is 5.82 Å². The van der Waals surface area contributed by atoms with Gasteiger partial charge < -0.3 is 9.67 Å². The van der Waals surface area contributed by atoms with Crippen LogP contribution in [0.3, 0.4) is 0 Å². The van der Waals surface area contributed by atoms with E-state index in [9.17, 15) is 9.90 Å². The van der Waals surface area contributed by atoms with Crippen molar-refractivity contribution in [2.75, 3.05) is 0 Å². The number of carboxylic acid groups (broad SMARTS) is 1. The lowest BCUT2D eigenvalue weighted by molar-refractivity contribution is -0.145. The van der Waals surface area contributed by atoms with Crippen molar-refractivity contribution in [3.63, 3.8) is 0 Å². The molecule has 0 aliphatic heterocycles. The summed E-state index contributed by atoms with van der Waals surface area (Å²) in [6.07, 6.45) is 4.58. The molecule has 0 atom stereocenters. The fourth-order valence-corrected chi connectivity index (χ4v) is 3.81. The van der Waals surface area contributed by atoms with E-state index in [-0.39, 0.29) is 0 Å². The Labute approximate surface area is 131 Å². The second-order valence-corrected chi connectivity index (χ2v) is 6.84. The molecule has 0 spiro atoms. The van der Waals surface area contributed by atoms with Crippen LogP contribution in [0.5, 0.6) is 0 Å². The Morgan fingerprint density at radius 2 is 1.95 bits per heavy atom. The van der Waals surface area contributed by atoms with Gasteiger partial charge in [0, 0.05) is 13.0 Å². The van der Waals surface area contributed by atoms with Gasteiger partial charge in [0.25, 0.3) is 0 Å². The van der Waals surface area contributed by atoms with E-state index in [1.807, 2.05) is 25.2 Å². The fraction of sp³-hybridized carbons (Fsp3) is 0.556. The van der Waals surface area contributed by atoms with Crippen LogP contribution in [-0.4, -0.2) is 20.6 Å². The van der Waals surface area contributed by atoms with Crippen molar-refractivity contribution in [2.24, 2.45) is 7.05 Å². The van der Waals surface area contributed by atoms with Crippen LogP contribution in [-0.2, 0) is 17.3 Å². The van der Waals surface area contributed by atoms with Gasteiger partial charge in [-0.25, -0.2) is 4.98 Å². The van der Waals surface area contributed by atoms with E-state index in [1.54, 1.807) is 0 Å². The lowest BCUT2D eigenvalue weighted by Gasteiger charge is -2.33. The summed E-state index contributed by atoms with van der Waals surface area (Å²) in [4.78, 5) is 16.7. The van der Waals surface area contributed by atoms with Crippen molar-refractivity contribution in [1.29, 1.82) is 0 Å². The first-order chi connectivity index (χ1) is 10.5. The maximum absolute atomic E-state index is 12.0. The van der Waals surface area contributed by atoms with Crippen molar-refractivity contribution in [2.45, 2.75) is 57.3 Å². The van der Waals surface area contributed by atoms with Crippen LogP contribution in [0.4, 0.5) is 0 Å². The van der Waals surface area contributed by atoms with E-state index < -0.39 is 11.4 Å². The summed E-state index contributed by atoms with van der Waals surface area (Å²) in [6.45, 7) is 4.25. The number of imidazole rings is 1. The number of benzene rings is 1. The molecule has 2 aromatic rings. The summed E-state index contributed by atoms with van der Waals surface area (Å²) < 4.78 is 2.11. The van der Waals surface area contributed by atoms with Gasteiger partial charge in [-0.2, -0.15) is 0 Å². The number of hydrogen-bond donors (Lipinski definition) is 1. The highest BCUT2D eigenvalue weighted by atomic mass is 16.4. The predicted molar refractivity (Wildman–Crippen MR) is 87.2 cm³/mol. The monoisotopic (exact) mass is 300 g/mol. The number of aryl methyl sites for hydroxylation is 1. The maximum atomic E-state index is 12.0. The van der Waals surface area contributed by atoms with Crippen LogP contribution in [0.15, 0.2) is 18.2 Å². The molecule has 4 nitrogen and oxygen atoms in total. The van der Waals surface area contributed by atoms with E-state index in [0.29, 0.717) is 5.92 Å². The zero-order chi connectivity index (χ0) is 15.9. The number of aromatic nitrogens is 2. The van der Waals surface area contributed by atoms with E-state index in [1.165, 1.54) is 0 Å². The number of carboxylic acids is 1. The third kappa shape index (κ3) is 2.21. The Hall–Kier alpha value is -1.84. The second kappa shape index (κ2) is 5.41. The zero-order valence-electron chi connectivity index (χ0n) is 13.6. The third-order valence-electron chi connectivity index (χ3n) is 5.10. The first kappa shape index (κ1) is 15.1. The molecule has 4 heteroatoms. The molecular weight excluding hydrogens is 276 g/mol. The summed E-state index contributed by atoms with van der Waals surface area (Å²) in [5, 5.41) is 9.84. The average molecular weight is 300 g/mol. The molecule has 3 rings (SSSR count). The molecular formula is C18H24N2O2. The van der Waals surface area contributed by atoms with Crippen LogP contribution in [0.1, 0.15) is 63.3 Å². The Kier molecular flexibility index (Phi) is 3.71. The Bertz CT molecular complexity index is 709. The van der Waals surface area contributed by atoms with Gasteiger partial charge in [0.2, 0.25) is 0 Å². The molecule has 0 bridgehead atoms. The van der Waals surface area contributed by atoms with Crippen LogP contribution in [0.25, 0.3) is 11.0 Å². The molecule has 1 fully saturated rings. The van der Waals surface area contributed by atoms with Crippen molar-refractivity contribution in [1.82, 2.24) is 9.55 Å². The van der Waals surface area contributed by atoms with Crippen LogP contribution in [0.2, 0.25) is 0 Å². The van der Waals surface area contributed by atoms with Gasteiger partial charge in [0.05, 0.1) is 16.4 Å². The molecule has 22 heavy (non-hydrogen) atoms. The minimum Gasteiger partial charge on any atom is -0.481 e. The minimum absolute atomic E-state index is 0.351. The molecule has 1 aromatic heterocycles. The molecule has 0 saturated heterocycles. The lowest BCUT2D eigenvalue weighted by Crippen LogP contribution is -2.37. The number of rotatable bonds is 3. The molecule has 0 unspecified atom stereocenters. The molecule has 118 valence electrons. The van der Waals surface area contributed by atoms with Crippen molar-refractivity contribution in [3.05, 3.63) is 29.6 Å². The highest BCUT2D eigenvalue weighted by Gasteiger charge is 2.41. The van der Waals surface area contributed by atoms with E-state index in [4.69, 9.17) is 4.98 Å². The van der Waals surface area contributed by atoms with E-state index >= 15 is 0 Å². The predicted octanol–water partition coefficient (Wildman–Crippen LogP) is 3.98. The lowest BCUT2D eigenvalue weighted by atomic mass is 9.69. The Morgan fingerprint density at radius 3 is 2.55 bits per heavy atom. The molecule has 1 aliphatic rings. The molecule has 1 N–H and O–H groups in total. The largest absolute Gasteiger partial charge is 0.481 e. The smallest absolute Gasteiger partial charge is 0.314 e. The normalized spacial score (nSPS) is 18.0. The van der Waals surface area contributed by atoms with Crippen molar-refractivity contribution >= 4 is 17.0 Å². The second-order valence-electron chi connectivity index (χ2n) is 6.84. The highest BCUT2D eigenvalue weighted by molar-refractivity contribution is 5.85. The quantitative estimate of drug-likeness (QED) is 0.932. The van der Waals surface area contributed by atoms with Gasteiger partial charge >= 0.3 is 5.97 Å². The molecule has 0 amide bonds. The van der Waals surface area contributed by atoms with Crippen LogP contribution >= 0.6 is 0 Å². The summed E-state index contributed by atoms with van der Waals surface area (Å²) in [7, 11) is 2.03. The van der Waals surface area contributed by atoms with Crippen molar-refractivity contribution in [3.8, 4) is 0 Å². The number of carbonyl (C=O) groups is 1. The molecule has 1 saturated carbocycles. The van der Waals surface area contributed by atoms with E-state index in [2.05, 4.69) is 18.4 Å². The summed E-state index contributed by atoms with van der Waals surface area (Å²) >= 11 is 0. The summed E-state index contributed by atoms with van der Waals surface area (Å²) in [5.41, 5.74) is 2.18. The van der Waals surface area contributed by atoms with Crippen LogP contribution < -0.4 is 0 Å². The van der Waals surface area contributed by atoms with Gasteiger partial charge in [-0.05, 0) is 30.5 Å². The molecule has 1 aliphatic carbocycles. The van der Waals surface area contributed by atoms with Gasteiger partial charge in [-0.15, -0.1) is 0 Å². The fourth-order valence-electron chi connectivity index (χ4n) is 3.81. The van der Waals surface area contributed by atoms with Gasteiger partial charge in [-0.3, -0.25) is 4.79 Å². The maximum Gasteiger partial charge on any atom is 0.314 e. The third-order valence-corrected chi connectivity index (χ3v) is 5.10. The van der Waals surface area contributed by atoms with Gasteiger partial charge in [-0.1, -0.05) is 39.2 Å². The molecule has 0 radical (unpaired) electrons. The van der Waals surface area contributed by atoms with Gasteiger partial charge in [0.15, 0.2) is 0 Å². The number of hydrogen-bond acceptors (Lipinski definition) is 2. The highest BCUT2D eigenvalue weighted by Crippen LogP contribution is 2.40. The minimum atomic E-state index is -0.720. The standard InChI is InChI=1S/C18H24N2O2/c1-12(2)16-19-14-11-13(7-8-15(14)20(16)3)18(17(21)22)9-5-4-6-10-18/h7-8,11-12H,4-6,9-10H2,1-3H3,(H,21,22). The topological polar surface area (TPSA) is 55.1 Å². The summed E-state index contributed by atoms with van der Waals surface area (Å²) in [5.74, 6) is 0.704. The SMILES string of the molecule is CC(C)c1nc2cc(C3(C(=O)O)CCCCC3)ccc2n1C. The first-order valence-electron chi connectivity index (χ1n) is 8.16. The average Bonchev–Trinajstić information content (AvgIpc) is 2.84. The Morgan fingerprint density at radius 1 is 1.27 bits per heavy atom. The zero-order valence-corrected chi connectivity index (χ0v) is 13.6. The van der Waals surface area contributed by atoms with E-state index in [0.717, 1.165) is 54.5 Å². The molecule has 1 aromatic carbocycles. The number of fused-ring (bicyclic) bond motifs is 1.